The topological polar surface area (TPSA) is 111 Å². The van der Waals surface area contributed by atoms with Crippen LogP contribution in [0.25, 0.3) is 21.5 Å². The van der Waals surface area contributed by atoms with E-state index >= 15 is 0 Å². The molecule has 9 rings (SSSR count). The molecular weight excluding hydrogens is 504 g/mol. The van der Waals surface area contributed by atoms with Crippen molar-refractivity contribution in [1.82, 2.24) is 0 Å². The molecule has 0 aromatic heterocycles. The SMILES string of the molecule is CC12CC(=O)N1c1cccc3c(C4C([O-])C(c5ccc6c7c(cccc57)N5C(=O)CC5(C)N6)C4[O-])ccc(c13)N2. The highest BCUT2D eigenvalue weighted by molar-refractivity contribution is 6.18. The first kappa shape index (κ1) is 22.7. The Morgan fingerprint density at radius 3 is 1.50 bits per heavy atom. The highest BCUT2D eigenvalue weighted by Gasteiger charge is 2.53. The van der Waals surface area contributed by atoms with Crippen LogP contribution in [0.4, 0.5) is 22.7 Å². The largest absolute Gasteiger partial charge is 0.851 e. The van der Waals surface area contributed by atoms with Crippen LogP contribution in [0.1, 0.15) is 49.7 Å². The Balaban J connectivity index is 1.13. The molecule has 3 fully saturated rings. The van der Waals surface area contributed by atoms with Crippen LogP contribution >= 0.6 is 0 Å². The van der Waals surface area contributed by atoms with E-state index in [1.807, 2.05) is 74.5 Å². The van der Waals surface area contributed by atoms with Gasteiger partial charge < -0.3 is 20.8 Å². The minimum Gasteiger partial charge on any atom is -0.851 e. The second-order valence-corrected chi connectivity index (χ2v) is 12.4. The van der Waals surface area contributed by atoms with Crippen molar-refractivity contribution in [3.05, 3.63) is 71.8 Å². The van der Waals surface area contributed by atoms with Crippen molar-refractivity contribution in [1.29, 1.82) is 0 Å². The lowest BCUT2D eigenvalue weighted by atomic mass is 9.62. The molecule has 0 radical (unpaired) electrons. The van der Waals surface area contributed by atoms with Crippen molar-refractivity contribution in [2.45, 2.75) is 62.1 Å². The lowest BCUT2D eigenvalue weighted by Crippen LogP contribution is -2.68. The smallest absolute Gasteiger partial charge is 0.233 e. The van der Waals surface area contributed by atoms with Gasteiger partial charge in [-0.25, -0.2) is 0 Å². The van der Waals surface area contributed by atoms with Crippen LogP contribution in [0.5, 0.6) is 0 Å². The van der Waals surface area contributed by atoms with Gasteiger partial charge in [0.15, 0.2) is 0 Å². The number of hydrogen-bond donors (Lipinski definition) is 2. The molecule has 8 nitrogen and oxygen atoms in total. The summed E-state index contributed by atoms with van der Waals surface area (Å²) in [5, 5.41) is 38.4. The first-order valence-corrected chi connectivity index (χ1v) is 13.9. The maximum atomic E-state index is 14.0. The molecule has 2 saturated heterocycles. The number of nitrogens with zero attached hydrogens (tertiary/aromatic N) is 2. The van der Waals surface area contributed by atoms with E-state index in [1.54, 1.807) is 9.80 Å². The third-order valence-corrected chi connectivity index (χ3v) is 10.0. The zero-order chi connectivity index (χ0) is 27.3. The van der Waals surface area contributed by atoms with Crippen molar-refractivity contribution in [3.63, 3.8) is 0 Å². The second-order valence-electron chi connectivity index (χ2n) is 12.4. The van der Waals surface area contributed by atoms with Gasteiger partial charge in [-0.2, -0.15) is 0 Å². The molecule has 4 heterocycles. The van der Waals surface area contributed by atoms with Gasteiger partial charge in [0, 0.05) is 22.1 Å². The van der Waals surface area contributed by atoms with E-state index in [4.69, 9.17) is 0 Å². The summed E-state index contributed by atoms with van der Waals surface area (Å²) >= 11 is 0. The molecule has 8 heteroatoms. The number of carbonyl (C=O) groups is 2. The van der Waals surface area contributed by atoms with Gasteiger partial charge in [0.25, 0.3) is 0 Å². The van der Waals surface area contributed by atoms with Gasteiger partial charge in [0.05, 0.1) is 24.2 Å². The Morgan fingerprint density at radius 1 is 0.675 bits per heavy atom. The summed E-state index contributed by atoms with van der Waals surface area (Å²) in [5.74, 6) is -1.27. The average Bonchev–Trinajstić information content (AvgIpc) is 2.90. The third-order valence-electron chi connectivity index (χ3n) is 10.0. The molecule has 0 bridgehead atoms. The van der Waals surface area contributed by atoms with E-state index in [-0.39, 0.29) is 11.8 Å². The number of benzene rings is 4. The lowest BCUT2D eigenvalue weighted by Gasteiger charge is -2.62. The minimum atomic E-state index is -1.11. The van der Waals surface area contributed by atoms with Gasteiger partial charge in [-0.3, -0.25) is 19.4 Å². The lowest BCUT2D eigenvalue weighted by molar-refractivity contribution is -0.535. The fourth-order valence-corrected chi connectivity index (χ4v) is 8.22. The van der Waals surface area contributed by atoms with E-state index < -0.39 is 35.4 Å². The molecule has 2 atom stereocenters. The van der Waals surface area contributed by atoms with Crippen LogP contribution in [-0.2, 0) is 9.59 Å². The Kier molecular flexibility index (Phi) is 3.93. The number of amides is 2. The molecule has 2 N–H and O–H groups in total. The molecule has 40 heavy (non-hydrogen) atoms. The van der Waals surface area contributed by atoms with Gasteiger partial charge in [-0.15, -0.1) is 12.2 Å². The summed E-state index contributed by atoms with van der Waals surface area (Å²) in [6.45, 7) is 4.02. The zero-order valence-corrected chi connectivity index (χ0v) is 22.0. The van der Waals surface area contributed by atoms with Crippen LogP contribution in [0.3, 0.4) is 0 Å². The molecular formula is C32H26N4O4-2. The summed E-state index contributed by atoms with van der Waals surface area (Å²) in [4.78, 5) is 28.6. The molecule has 0 spiro atoms. The van der Waals surface area contributed by atoms with E-state index in [1.165, 1.54) is 0 Å². The maximum Gasteiger partial charge on any atom is 0.233 e. The highest BCUT2D eigenvalue weighted by atomic mass is 16.3. The first-order chi connectivity index (χ1) is 19.2. The predicted molar refractivity (Wildman–Crippen MR) is 149 cm³/mol. The van der Waals surface area contributed by atoms with Crippen LogP contribution in [0, 0.1) is 0 Å². The number of nitrogens with one attached hydrogen (secondary N) is 2. The van der Waals surface area contributed by atoms with Crippen LogP contribution in [0.15, 0.2) is 60.7 Å². The molecule has 2 unspecified atom stereocenters. The van der Waals surface area contributed by atoms with Gasteiger partial charge >= 0.3 is 0 Å². The molecule has 4 aliphatic heterocycles. The molecule has 1 aliphatic carbocycles. The van der Waals surface area contributed by atoms with E-state index in [0.717, 1.165) is 55.4 Å². The van der Waals surface area contributed by atoms with Crippen molar-refractivity contribution < 1.29 is 19.8 Å². The van der Waals surface area contributed by atoms with Crippen LogP contribution in [0.2, 0.25) is 0 Å². The first-order valence-electron chi connectivity index (χ1n) is 13.9. The number of β-lactam (4-membered cyclic amide) rings is 2. The normalized spacial score (nSPS) is 32.9. The number of rotatable bonds is 2. The monoisotopic (exact) mass is 530 g/mol. The Morgan fingerprint density at radius 2 is 1.10 bits per heavy atom. The molecule has 5 aliphatic rings. The van der Waals surface area contributed by atoms with E-state index in [0.29, 0.717) is 12.8 Å². The van der Waals surface area contributed by atoms with Gasteiger partial charge in [0.1, 0.15) is 11.3 Å². The van der Waals surface area contributed by atoms with Crippen molar-refractivity contribution >= 4 is 56.1 Å². The summed E-state index contributed by atoms with van der Waals surface area (Å²) in [6.07, 6.45) is -1.38. The molecule has 4 aromatic carbocycles. The number of fused-ring (bicyclic) bond motifs is 4. The maximum absolute atomic E-state index is 14.0. The summed E-state index contributed by atoms with van der Waals surface area (Å²) in [6, 6.07) is 19.3. The summed E-state index contributed by atoms with van der Waals surface area (Å²) < 4.78 is 0. The number of anilines is 4. The Labute approximate surface area is 230 Å². The predicted octanol–water partition coefficient (Wildman–Crippen LogP) is 3.09. The third kappa shape index (κ3) is 2.46. The van der Waals surface area contributed by atoms with Crippen molar-refractivity contribution in [3.8, 4) is 0 Å². The fraction of sp³-hybridized carbons (Fsp3) is 0.312. The minimum absolute atomic E-state index is 0.0586. The quantitative estimate of drug-likeness (QED) is 0.386. The Hall–Kier alpha value is -4.14. The average molecular weight is 531 g/mol. The fourth-order valence-electron chi connectivity index (χ4n) is 8.22. The van der Waals surface area contributed by atoms with Gasteiger partial charge in [-0.1, -0.05) is 36.4 Å². The zero-order valence-electron chi connectivity index (χ0n) is 22.0. The van der Waals surface area contributed by atoms with Gasteiger partial charge in [0.2, 0.25) is 11.8 Å². The number of hydrogen-bond acceptors (Lipinski definition) is 6. The molecule has 200 valence electrons. The number of carbonyl (C=O) groups excluding carboxylic acids is 2. The van der Waals surface area contributed by atoms with E-state index in [2.05, 4.69) is 10.6 Å². The molecule has 1 saturated carbocycles. The van der Waals surface area contributed by atoms with Crippen LogP contribution in [-0.4, -0.2) is 35.3 Å². The second kappa shape index (κ2) is 6.95. The summed E-state index contributed by atoms with van der Waals surface area (Å²) in [5.41, 5.74) is 4.10. The highest BCUT2D eigenvalue weighted by Crippen LogP contribution is 2.55. The standard InChI is InChI=1S/C32H26N4O4/c1-31-13-23(37)35(31)21-7-3-5-15-17(9-11-19(33-31)25(15)21)27-29(39)28(30(27)40)18-10-12-20-26-16(18)6-4-8-22(26)36-24(38)14-32(36,2)34-20/h3-12,27-30,33-34H,13-14H2,1-2H3/q-2. The Bertz CT molecular complexity index is 1730. The van der Waals surface area contributed by atoms with E-state index in [9.17, 15) is 19.8 Å². The molecule has 4 aromatic rings. The van der Waals surface area contributed by atoms with Crippen molar-refractivity contribution in [2.75, 3.05) is 20.4 Å². The van der Waals surface area contributed by atoms with Crippen LogP contribution < -0.4 is 30.6 Å². The summed E-state index contributed by atoms with van der Waals surface area (Å²) in [7, 11) is 0. The van der Waals surface area contributed by atoms with Gasteiger partial charge in [-0.05, 0) is 71.8 Å². The molecule has 2 amide bonds. The van der Waals surface area contributed by atoms with Crippen molar-refractivity contribution in [2.24, 2.45) is 0 Å².